The van der Waals surface area contributed by atoms with Gasteiger partial charge in [0.2, 0.25) is 0 Å². The van der Waals surface area contributed by atoms with E-state index in [1.165, 1.54) is 17.7 Å². The molecule has 1 saturated heterocycles. The minimum Gasteiger partial charge on any atom is -0.493 e. The number of likely N-dealkylation sites (tertiary alicyclic amines) is 1. The molecule has 0 amide bonds. The number of hydrogen-bond donors (Lipinski definition) is 2. The number of nitrogens with one attached hydrogen (secondary N) is 1. The Labute approximate surface area is 236 Å². The second-order valence-corrected chi connectivity index (χ2v) is 11.8. The van der Waals surface area contributed by atoms with Crippen molar-refractivity contribution in [3.8, 4) is 5.75 Å². The van der Waals surface area contributed by atoms with Gasteiger partial charge >= 0.3 is 5.97 Å². The van der Waals surface area contributed by atoms with Crippen LogP contribution < -0.4 is 10.1 Å². The molecule has 0 saturated carbocycles. The normalized spacial score (nSPS) is 21.7. The SMILES string of the molecule is COC(C)(C)[C@H]1COc2cc(F)cc(C(C(=O)O)N3CC[C@@H](OCCCCc4ccc5c(n4)NCCC5)C3)c2C1. The van der Waals surface area contributed by atoms with E-state index < -0.39 is 23.4 Å². The number of rotatable bonds is 11. The highest BCUT2D eigenvalue weighted by Crippen LogP contribution is 2.40. The van der Waals surface area contributed by atoms with Crippen LogP contribution in [-0.4, -0.2) is 72.6 Å². The number of aliphatic carboxylic acids is 1. The maximum atomic E-state index is 14.6. The molecule has 1 unspecified atom stereocenters. The van der Waals surface area contributed by atoms with Crippen molar-refractivity contribution in [2.24, 2.45) is 5.92 Å². The van der Waals surface area contributed by atoms with Crippen molar-refractivity contribution < 1.29 is 28.5 Å². The van der Waals surface area contributed by atoms with Crippen molar-refractivity contribution >= 4 is 11.8 Å². The predicted octanol–water partition coefficient (Wildman–Crippen LogP) is 4.79. The number of carboxylic acid groups (broad SMARTS) is 1. The quantitative estimate of drug-likeness (QED) is 0.382. The number of benzene rings is 1. The zero-order chi connectivity index (χ0) is 28.3. The van der Waals surface area contributed by atoms with E-state index in [2.05, 4.69) is 17.4 Å². The van der Waals surface area contributed by atoms with E-state index in [4.69, 9.17) is 19.2 Å². The van der Waals surface area contributed by atoms with Crippen LogP contribution in [0, 0.1) is 11.7 Å². The Hall–Kier alpha value is -2.75. The van der Waals surface area contributed by atoms with Gasteiger partial charge in [0.15, 0.2) is 0 Å². The topological polar surface area (TPSA) is 93.2 Å². The third-order valence-corrected chi connectivity index (χ3v) is 8.81. The predicted molar refractivity (Wildman–Crippen MR) is 150 cm³/mol. The number of fused-ring (bicyclic) bond motifs is 2. The standard InChI is InChI=1S/C31H42FN3O5/c1-31(2,38-3)21-15-25-26(16-22(32)17-27(25)40-19-21)28(30(36)37)35-13-11-24(18-35)39-14-5-4-8-23-10-9-20-7-6-12-33-29(20)34-23/h9-10,16-17,21,24,28H,4-8,11-15,18-19H2,1-3H3,(H,33,34)(H,36,37)/t21-,24-,28?/m1/s1. The summed E-state index contributed by atoms with van der Waals surface area (Å²) in [5, 5.41) is 13.7. The molecule has 1 fully saturated rings. The molecule has 3 aliphatic heterocycles. The van der Waals surface area contributed by atoms with Crippen LogP contribution in [0.3, 0.4) is 0 Å². The number of nitrogens with zero attached hydrogens (tertiary/aromatic N) is 2. The number of unbranched alkanes of at least 4 members (excludes halogenated alkanes) is 1. The van der Waals surface area contributed by atoms with Gasteiger partial charge in [-0.15, -0.1) is 0 Å². The number of carboxylic acids is 1. The fraction of sp³-hybridized carbons (Fsp3) is 0.613. The van der Waals surface area contributed by atoms with Crippen molar-refractivity contribution in [3.63, 3.8) is 0 Å². The molecule has 1 aromatic heterocycles. The number of methoxy groups -OCH3 is 1. The Bertz CT molecular complexity index is 1210. The maximum Gasteiger partial charge on any atom is 0.325 e. The third kappa shape index (κ3) is 6.42. The lowest BCUT2D eigenvalue weighted by atomic mass is 9.81. The van der Waals surface area contributed by atoms with Crippen LogP contribution in [0.15, 0.2) is 24.3 Å². The van der Waals surface area contributed by atoms with Crippen LogP contribution in [-0.2, 0) is 33.5 Å². The molecular weight excluding hydrogens is 513 g/mol. The number of aryl methyl sites for hydroxylation is 2. The second kappa shape index (κ2) is 12.4. The average Bonchev–Trinajstić information content (AvgIpc) is 3.40. The van der Waals surface area contributed by atoms with E-state index in [-0.39, 0.29) is 12.0 Å². The summed E-state index contributed by atoms with van der Waals surface area (Å²) in [6.45, 7) is 7.06. The first-order valence-electron chi connectivity index (χ1n) is 14.6. The Morgan fingerprint density at radius 3 is 2.98 bits per heavy atom. The molecule has 1 aromatic carbocycles. The minimum atomic E-state index is -0.992. The summed E-state index contributed by atoms with van der Waals surface area (Å²) in [6.07, 6.45) is 6.31. The van der Waals surface area contributed by atoms with Gasteiger partial charge in [0.25, 0.3) is 0 Å². The van der Waals surface area contributed by atoms with Gasteiger partial charge in [0.1, 0.15) is 23.4 Å². The summed E-state index contributed by atoms with van der Waals surface area (Å²) in [5.41, 5.74) is 3.16. The molecule has 0 radical (unpaired) electrons. The highest BCUT2D eigenvalue weighted by molar-refractivity contribution is 5.77. The van der Waals surface area contributed by atoms with Gasteiger partial charge in [-0.3, -0.25) is 9.69 Å². The monoisotopic (exact) mass is 555 g/mol. The fourth-order valence-corrected chi connectivity index (χ4v) is 6.11. The first-order valence-corrected chi connectivity index (χ1v) is 14.6. The first kappa shape index (κ1) is 28.8. The van der Waals surface area contributed by atoms with E-state index in [0.29, 0.717) is 44.0 Å². The lowest BCUT2D eigenvalue weighted by molar-refractivity contribution is -0.143. The van der Waals surface area contributed by atoms with Crippen LogP contribution in [0.5, 0.6) is 5.75 Å². The minimum absolute atomic E-state index is 0.0195. The molecule has 9 heteroatoms. The molecule has 5 rings (SSSR count). The van der Waals surface area contributed by atoms with Gasteiger partial charge in [-0.1, -0.05) is 6.07 Å². The Balaban J connectivity index is 1.17. The van der Waals surface area contributed by atoms with Crippen molar-refractivity contribution in [1.29, 1.82) is 0 Å². The van der Waals surface area contributed by atoms with Crippen molar-refractivity contribution in [2.75, 3.05) is 45.3 Å². The van der Waals surface area contributed by atoms with E-state index in [1.54, 1.807) is 7.11 Å². The van der Waals surface area contributed by atoms with E-state index in [1.807, 2.05) is 18.7 Å². The van der Waals surface area contributed by atoms with E-state index in [0.717, 1.165) is 62.1 Å². The third-order valence-electron chi connectivity index (χ3n) is 8.81. The molecule has 0 bridgehead atoms. The van der Waals surface area contributed by atoms with Crippen molar-refractivity contribution in [2.45, 2.75) is 76.5 Å². The molecule has 0 spiro atoms. The van der Waals surface area contributed by atoms with Gasteiger partial charge in [-0.25, -0.2) is 9.37 Å². The summed E-state index contributed by atoms with van der Waals surface area (Å²) < 4.78 is 32.4. The summed E-state index contributed by atoms with van der Waals surface area (Å²) in [4.78, 5) is 19.2. The molecule has 2 aromatic rings. The maximum absolute atomic E-state index is 14.6. The summed E-state index contributed by atoms with van der Waals surface area (Å²) in [5.74, 6) is 0.00373. The molecule has 0 aliphatic carbocycles. The number of halogens is 1. The number of anilines is 1. The number of aromatic nitrogens is 1. The summed E-state index contributed by atoms with van der Waals surface area (Å²) >= 11 is 0. The Kier molecular flexibility index (Phi) is 8.92. The van der Waals surface area contributed by atoms with Crippen LogP contribution in [0.4, 0.5) is 10.2 Å². The average molecular weight is 556 g/mol. The van der Waals surface area contributed by atoms with Crippen LogP contribution in [0.2, 0.25) is 0 Å². The Morgan fingerprint density at radius 2 is 2.17 bits per heavy atom. The highest BCUT2D eigenvalue weighted by Gasteiger charge is 2.40. The van der Waals surface area contributed by atoms with Crippen molar-refractivity contribution in [3.05, 3.63) is 52.5 Å². The van der Waals surface area contributed by atoms with Gasteiger partial charge in [0.05, 0.1) is 18.3 Å². The molecule has 2 N–H and O–H groups in total. The molecule has 4 heterocycles. The molecular formula is C31H42FN3O5. The molecule has 40 heavy (non-hydrogen) atoms. The van der Waals surface area contributed by atoms with Gasteiger partial charge in [-0.2, -0.15) is 0 Å². The summed E-state index contributed by atoms with van der Waals surface area (Å²) in [7, 11) is 1.66. The van der Waals surface area contributed by atoms with Crippen LogP contribution in [0.1, 0.15) is 68.0 Å². The molecule has 3 atom stereocenters. The van der Waals surface area contributed by atoms with E-state index in [9.17, 15) is 14.3 Å². The smallest absolute Gasteiger partial charge is 0.325 e. The van der Waals surface area contributed by atoms with Gasteiger partial charge in [0, 0.05) is 56.6 Å². The zero-order valence-corrected chi connectivity index (χ0v) is 23.9. The number of pyridine rings is 1. The lowest BCUT2D eigenvalue weighted by Crippen LogP contribution is -2.41. The Morgan fingerprint density at radius 1 is 1.32 bits per heavy atom. The number of carbonyl (C=O) groups is 1. The number of ether oxygens (including phenoxy) is 3. The van der Waals surface area contributed by atoms with E-state index >= 15 is 0 Å². The van der Waals surface area contributed by atoms with Gasteiger partial charge < -0.3 is 24.6 Å². The molecule has 218 valence electrons. The lowest BCUT2D eigenvalue weighted by Gasteiger charge is -2.38. The van der Waals surface area contributed by atoms with Crippen LogP contribution in [0.25, 0.3) is 0 Å². The van der Waals surface area contributed by atoms with Gasteiger partial charge in [-0.05, 0) is 82.1 Å². The second-order valence-electron chi connectivity index (χ2n) is 11.8. The number of hydrogen-bond acceptors (Lipinski definition) is 7. The van der Waals surface area contributed by atoms with Crippen LogP contribution >= 0.6 is 0 Å². The summed E-state index contributed by atoms with van der Waals surface area (Å²) in [6, 6.07) is 6.07. The van der Waals surface area contributed by atoms with Crippen molar-refractivity contribution in [1.82, 2.24) is 9.88 Å². The molecule has 3 aliphatic rings. The molecule has 8 nitrogen and oxygen atoms in total. The fourth-order valence-electron chi connectivity index (χ4n) is 6.11. The zero-order valence-electron chi connectivity index (χ0n) is 23.9. The first-order chi connectivity index (χ1) is 19.2. The highest BCUT2D eigenvalue weighted by atomic mass is 19.1. The largest absolute Gasteiger partial charge is 0.493 e.